The van der Waals surface area contributed by atoms with Crippen LogP contribution in [0.1, 0.15) is 50.0 Å². The Balaban J connectivity index is 1.85. The van der Waals surface area contributed by atoms with Crippen molar-refractivity contribution in [2.75, 3.05) is 5.75 Å². The molecule has 0 radical (unpaired) electrons. The lowest BCUT2D eigenvalue weighted by Crippen LogP contribution is -2.07. The molecular weight excluding hydrogens is 250 g/mol. The van der Waals surface area contributed by atoms with Crippen molar-refractivity contribution in [3.05, 3.63) is 24.0 Å². The van der Waals surface area contributed by atoms with Crippen molar-refractivity contribution in [2.45, 2.75) is 51.0 Å². The quantitative estimate of drug-likeness (QED) is 0.838. The molecule has 0 unspecified atom stereocenters. The van der Waals surface area contributed by atoms with Gasteiger partial charge in [-0.3, -0.25) is 4.55 Å². The van der Waals surface area contributed by atoms with E-state index in [1.165, 1.54) is 37.7 Å². The summed E-state index contributed by atoms with van der Waals surface area (Å²) < 4.78 is 31.9. The minimum atomic E-state index is -3.82. The van der Waals surface area contributed by atoms with Crippen LogP contribution in [0.4, 0.5) is 0 Å². The molecule has 4 nitrogen and oxygen atoms in total. The summed E-state index contributed by atoms with van der Waals surface area (Å²) in [5, 5.41) is 0. The third-order valence-corrected chi connectivity index (χ3v) is 4.47. The smallest absolute Gasteiger partial charge is 0.264 e. The molecule has 0 atom stereocenters. The van der Waals surface area contributed by atoms with Crippen molar-refractivity contribution >= 4 is 10.1 Å². The van der Waals surface area contributed by atoms with E-state index >= 15 is 0 Å². The molecule has 1 aliphatic rings. The molecule has 0 bridgehead atoms. The molecule has 102 valence electrons. The van der Waals surface area contributed by atoms with Gasteiger partial charge in [-0.2, -0.15) is 8.42 Å². The molecule has 18 heavy (non-hydrogen) atoms. The summed E-state index contributed by atoms with van der Waals surface area (Å²) in [4.78, 5) is 0. The van der Waals surface area contributed by atoms with Gasteiger partial charge < -0.3 is 4.57 Å². The highest BCUT2D eigenvalue weighted by atomic mass is 32.2. The van der Waals surface area contributed by atoms with Crippen LogP contribution in [0.2, 0.25) is 0 Å². The number of aryl methyl sites for hydroxylation is 1. The summed E-state index contributed by atoms with van der Waals surface area (Å²) >= 11 is 0. The number of hydrogen-bond acceptors (Lipinski definition) is 2. The van der Waals surface area contributed by atoms with Crippen molar-refractivity contribution in [3.8, 4) is 0 Å². The molecule has 1 saturated carbocycles. The van der Waals surface area contributed by atoms with Crippen molar-refractivity contribution in [2.24, 2.45) is 0 Å². The normalized spacial score (nSPS) is 18.1. The monoisotopic (exact) mass is 271 g/mol. The van der Waals surface area contributed by atoms with Gasteiger partial charge in [0.1, 0.15) is 0 Å². The third-order valence-electron chi connectivity index (χ3n) is 3.67. The van der Waals surface area contributed by atoms with Gasteiger partial charge in [0.05, 0.1) is 5.75 Å². The second kappa shape index (κ2) is 5.89. The number of aromatic nitrogens is 1. The molecule has 0 spiro atoms. The Morgan fingerprint density at radius 3 is 2.67 bits per heavy atom. The van der Waals surface area contributed by atoms with Gasteiger partial charge >= 0.3 is 0 Å². The van der Waals surface area contributed by atoms with E-state index in [2.05, 4.69) is 12.3 Å². The molecule has 0 saturated heterocycles. The second-order valence-electron chi connectivity index (χ2n) is 5.16. The summed E-state index contributed by atoms with van der Waals surface area (Å²) in [7, 11) is -3.82. The number of hydrogen-bond donors (Lipinski definition) is 1. The summed E-state index contributed by atoms with van der Waals surface area (Å²) in [5.74, 6) is 0.519. The van der Waals surface area contributed by atoms with E-state index in [1.54, 1.807) is 0 Å². The second-order valence-corrected chi connectivity index (χ2v) is 6.73. The molecule has 1 aromatic heterocycles. The molecule has 1 heterocycles. The zero-order valence-corrected chi connectivity index (χ0v) is 11.4. The lowest BCUT2D eigenvalue weighted by molar-refractivity contribution is 0.443. The lowest BCUT2D eigenvalue weighted by atomic mass is 9.85. The molecule has 1 N–H and O–H groups in total. The Bertz CT molecular complexity index is 472. The lowest BCUT2D eigenvalue weighted by Gasteiger charge is -2.20. The molecule has 2 rings (SSSR count). The van der Waals surface area contributed by atoms with Crippen LogP contribution < -0.4 is 0 Å². The third kappa shape index (κ3) is 4.14. The van der Waals surface area contributed by atoms with E-state index in [0.29, 0.717) is 18.9 Å². The highest BCUT2D eigenvalue weighted by Gasteiger charge is 2.16. The number of nitrogens with zero attached hydrogens (tertiary/aromatic N) is 1. The fourth-order valence-electron chi connectivity index (χ4n) is 2.71. The topological polar surface area (TPSA) is 59.3 Å². The highest BCUT2D eigenvalue weighted by Crippen LogP contribution is 2.32. The summed E-state index contributed by atoms with van der Waals surface area (Å²) in [6, 6.07) is 2.14. The van der Waals surface area contributed by atoms with Crippen LogP contribution in [0, 0.1) is 0 Å². The van der Waals surface area contributed by atoms with Crippen LogP contribution in [0.25, 0.3) is 0 Å². The predicted molar refractivity (Wildman–Crippen MR) is 71.3 cm³/mol. The van der Waals surface area contributed by atoms with Gasteiger partial charge in [-0.1, -0.05) is 19.3 Å². The molecule has 0 aromatic carbocycles. The van der Waals surface area contributed by atoms with Crippen LogP contribution >= 0.6 is 0 Å². The standard InChI is InChI=1S/C13H21NO3S/c15-18(16,17)10-4-8-14-9-7-13(11-14)12-5-2-1-3-6-12/h7,9,11-12H,1-6,8,10H2,(H,15,16,17). The van der Waals surface area contributed by atoms with Crippen LogP contribution in [-0.4, -0.2) is 23.3 Å². The zero-order valence-electron chi connectivity index (χ0n) is 10.6. The summed E-state index contributed by atoms with van der Waals surface area (Å²) in [6.45, 7) is 0.645. The van der Waals surface area contributed by atoms with Gasteiger partial charge in [0.15, 0.2) is 0 Å². The Hall–Kier alpha value is -0.810. The fraction of sp³-hybridized carbons (Fsp3) is 0.692. The first-order valence-electron chi connectivity index (χ1n) is 6.65. The molecule has 0 aliphatic heterocycles. The zero-order chi connectivity index (χ0) is 13.0. The molecular formula is C13H21NO3S. The maximum atomic E-state index is 10.6. The summed E-state index contributed by atoms with van der Waals surface area (Å²) in [5.41, 5.74) is 1.38. The molecule has 1 aromatic rings. The Morgan fingerprint density at radius 1 is 1.28 bits per heavy atom. The average molecular weight is 271 g/mol. The minimum Gasteiger partial charge on any atom is -0.354 e. The Kier molecular flexibility index (Phi) is 4.45. The Morgan fingerprint density at radius 2 is 2.00 bits per heavy atom. The van der Waals surface area contributed by atoms with E-state index in [9.17, 15) is 8.42 Å². The van der Waals surface area contributed by atoms with Crippen molar-refractivity contribution in [1.29, 1.82) is 0 Å². The van der Waals surface area contributed by atoms with Crippen molar-refractivity contribution < 1.29 is 13.0 Å². The molecule has 0 amide bonds. The first kappa shape index (κ1) is 13.6. The van der Waals surface area contributed by atoms with Gasteiger partial charge in [-0.25, -0.2) is 0 Å². The largest absolute Gasteiger partial charge is 0.354 e. The van der Waals surface area contributed by atoms with E-state index in [-0.39, 0.29) is 5.75 Å². The van der Waals surface area contributed by atoms with E-state index in [1.807, 2.05) is 10.8 Å². The maximum absolute atomic E-state index is 10.6. The van der Waals surface area contributed by atoms with Gasteiger partial charge in [-0.15, -0.1) is 0 Å². The van der Waals surface area contributed by atoms with Crippen LogP contribution in [0.3, 0.4) is 0 Å². The average Bonchev–Trinajstić information content (AvgIpc) is 2.77. The minimum absolute atomic E-state index is 0.163. The fourth-order valence-corrected chi connectivity index (χ4v) is 3.20. The summed E-state index contributed by atoms with van der Waals surface area (Å²) in [6.07, 6.45) is 11.1. The molecule has 5 heteroatoms. The van der Waals surface area contributed by atoms with Crippen LogP contribution in [0.5, 0.6) is 0 Å². The maximum Gasteiger partial charge on any atom is 0.264 e. The Labute approximate surface area is 109 Å². The van der Waals surface area contributed by atoms with E-state index in [4.69, 9.17) is 4.55 Å². The SMILES string of the molecule is O=S(=O)(O)CCCn1ccc(C2CCCCC2)c1. The first-order valence-corrected chi connectivity index (χ1v) is 8.26. The van der Waals surface area contributed by atoms with Gasteiger partial charge in [0.2, 0.25) is 0 Å². The van der Waals surface area contributed by atoms with E-state index < -0.39 is 10.1 Å². The first-order chi connectivity index (χ1) is 8.54. The predicted octanol–water partition coefficient (Wildman–Crippen LogP) is 2.81. The van der Waals surface area contributed by atoms with Gasteiger partial charge in [0, 0.05) is 18.9 Å². The van der Waals surface area contributed by atoms with Crippen molar-refractivity contribution in [3.63, 3.8) is 0 Å². The van der Waals surface area contributed by atoms with Gasteiger partial charge in [-0.05, 0) is 36.8 Å². The molecule has 1 aliphatic carbocycles. The number of rotatable bonds is 5. The van der Waals surface area contributed by atoms with Gasteiger partial charge in [0.25, 0.3) is 10.1 Å². The highest BCUT2D eigenvalue weighted by molar-refractivity contribution is 7.85. The van der Waals surface area contributed by atoms with Crippen LogP contribution in [-0.2, 0) is 16.7 Å². The van der Waals surface area contributed by atoms with Crippen LogP contribution in [0.15, 0.2) is 18.5 Å². The molecule has 1 fully saturated rings. The van der Waals surface area contributed by atoms with E-state index in [0.717, 1.165) is 0 Å². The van der Waals surface area contributed by atoms with Crippen molar-refractivity contribution in [1.82, 2.24) is 4.57 Å².